The third-order valence-corrected chi connectivity index (χ3v) is 2.39. The molecule has 1 aliphatic rings. The van der Waals surface area contributed by atoms with Crippen molar-refractivity contribution in [2.24, 2.45) is 5.41 Å². The van der Waals surface area contributed by atoms with E-state index >= 15 is 0 Å². The Morgan fingerprint density at radius 2 is 2.20 bits per heavy atom. The third kappa shape index (κ3) is 1.51. The highest BCUT2D eigenvalue weighted by Gasteiger charge is 2.40. The Bertz CT molecular complexity index is 192. The summed E-state index contributed by atoms with van der Waals surface area (Å²) in [7, 11) is 0. The summed E-state index contributed by atoms with van der Waals surface area (Å²) >= 11 is 5.69. The topological polar surface area (TPSA) is 37.3 Å². The van der Waals surface area contributed by atoms with Crippen LogP contribution in [-0.4, -0.2) is 11.1 Å². The van der Waals surface area contributed by atoms with Crippen LogP contribution in [0.25, 0.3) is 0 Å². The lowest BCUT2D eigenvalue weighted by Crippen LogP contribution is -1.96. The van der Waals surface area contributed by atoms with E-state index in [1.54, 1.807) is 0 Å². The minimum Gasteiger partial charge on any atom is -0.478 e. The number of hydrogen-bond donors (Lipinski definition) is 1. The number of carboxylic acid groups (broad SMARTS) is 1. The van der Waals surface area contributed by atoms with Crippen LogP contribution >= 0.6 is 11.6 Å². The highest BCUT2D eigenvalue weighted by atomic mass is 35.5. The lowest BCUT2D eigenvalue weighted by atomic mass is 10.1. The van der Waals surface area contributed by atoms with Crippen molar-refractivity contribution in [2.45, 2.75) is 19.8 Å². The van der Waals surface area contributed by atoms with E-state index in [-0.39, 0.29) is 5.41 Å². The molecule has 0 aromatic carbocycles. The summed E-state index contributed by atoms with van der Waals surface area (Å²) in [5, 5.41) is 8.79. The van der Waals surface area contributed by atoms with Crippen molar-refractivity contribution < 1.29 is 9.90 Å². The predicted molar refractivity (Wildman–Crippen MR) is 38.9 cm³/mol. The van der Waals surface area contributed by atoms with Crippen molar-refractivity contribution in [3.8, 4) is 0 Å². The molecule has 1 fully saturated rings. The zero-order valence-electron chi connectivity index (χ0n) is 5.72. The summed E-state index contributed by atoms with van der Waals surface area (Å²) in [6, 6.07) is 0. The predicted octanol–water partition coefficient (Wildman–Crippen LogP) is 1.99. The molecule has 10 heavy (non-hydrogen) atoms. The molecule has 0 bridgehead atoms. The maximum atomic E-state index is 10.1. The number of carboxylic acids is 1. The highest BCUT2D eigenvalue weighted by molar-refractivity contribution is 6.31. The molecule has 0 saturated heterocycles. The molecule has 0 atom stereocenters. The van der Waals surface area contributed by atoms with Gasteiger partial charge in [-0.2, -0.15) is 0 Å². The Hall–Kier alpha value is -0.500. The van der Waals surface area contributed by atoms with Crippen molar-refractivity contribution >= 4 is 17.6 Å². The smallest absolute Gasteiger partial charge is 0.329 e. The minimum atomic E-state index is -0.960. The van der Waals surface area contributed by atoms with Crippen LogP contribution in [0.4, 0.5) is 0 Å². The second kappa shape index (κ2) is 2.27. The van der Waals surface area contributed by atoms with Gasteiger partial charge >= 0.3 is 5.97 Å². The molecule has 1 saturated carbocycles. The molecule has 0 aliphatic heterocycles. The van der Waals surface area contributed by atoms with E-state index in [0.29, 0.717) is 5.03 Å². The fourth-order valence-electron chi connectivity index (χ4n) is 0.709. The van der Waals surface area contributed by atoms with Crippen LogP contribution in [0, 0.1) is 5.41 Å². The lowest BCUT2D eigenvalue weighted by molar-refractivity contribution is -0.131. The van der Waals surface area contributed by atoms with Gasteiger partial charge in [0.05, 0.1) is 0 Å². The number of allylic oxidation sites excluding steroid dienone is 1. The van der Waals surface area contributed by atoms with Crippen LogP contribution in [0.2, 0.25) is 0 Å². The molecule has 0 unspecified atom stereocenters. The summed E-state index contributed by atoms with van der Waals surface area (Å²) in [6.07, 6.45) is 3.10. The van der Waals surface area contributed by atoms with Gasteiger partial charge in [0.1, 0.15) is 0 Å². The molecular weight excluding hydrogens is 152 g/mol. The Labute approximate surface area is 64.5 Å². The van der Waals surface area contributed by atoms with Crippen molar-refractivity contribution in [1.29, 1.82) is 0 Å². The monoisotopic (exact) mass is 160 g/mol. The number of carbonyl (C=O) groups is 1. The second-order valence-electron chi connectivity index (χ2n) is 2.89. The second-order valence-corrected chi connectivity index (χ2v) is 3.30. The number of halogens is 1. The summed E-state index contributed by atoms with van der Waals surface area (Å²) in [6.45, 7) is 1.97. The van der Waals surface area contributed by atoms with Gasteiger partial charge in [-0.05, 0) is 12.8 Å². The fraction of sp³-hybridized carbons (Fsp3) is 0.571. The molecule has 0 spiro atoms. The Morgan fingerprint density at radius 1 is 1.70 bits per heavy atom. The molecule has 1 aliphatic carbocycles. The van der Waals surface area contributed by atoms with Crippen molar-refractivity contribution in [3.63, 3.8) is 0 Å². The SMILES string of the molecule is CC1(C(Cl)=CC(=O)O)CC1. The van der Waals surface area contributed by atoms with Gasteiger partial charge in [-0.1, -0.05) is 18.5 Å². The number of rotatable bonds is 2. The molecule has 0 amide bonds. The molecule has 0 heterocycles. The first-order valence-corrected chi connectivity index (χ1v) is 3.53. The van der Waals surface area contributed by atoms with E-state index in [0.717, 1.165) is 18.9 Å². The molecule has 1 N–H and O–H groups in total. The first kappa shape index (κ1) is 7.61. The third-order valence-electron chi connectivity index (χ3n) is 1.83. The van der Waals surface area contributed by atoms with Crippen LogP contribution in [0.5, 0.6) is 0 Å². The van der Waals surface area contributed by atoms with Crippen molar-refractivity contribution in [2.75, 3.05) is 0 Å². The van der Waals surface area contributed by atoms with Crippen LogP contribution in [0.1, 0.15) is 19.8 Å². The van der Waals surface area contributed by atoms with E-state index in [1.165, 1.54) is 0 Å². The van der Waals surface area contributed by atoms with Gasteiger partial charge in [0.2, 0.25) is 0 Å². The average molecular weight is 161 g/mol. The van der Waals surface area contributed by atoms with Gasteiger partial charge in [0.15, 0.2) is 0 Å². The molecule has 1 rings (SSSR count). The molecule has 0 aromatic rings. The van der Waals surface area contributed by atoms with E-state index in [9.17, 15) is 4.79 Å². The maximum absolute atomic E-state index is 10.1. The van der Waals surface area contributed by atoms with Gasteiger partial charge in [0, 0.05) is 16.5 Å². The maximum Gasteiger partial charge on any atom is 0.329 e. The Morgan fingerprint density at radius 3 is 2.50 bits per heavy atom. The van der Waals surface area contributed by atoms with Gasteiger partial charge in [0.25, 0.3) is 0 Å². The number of hydrogen-bond acceptors (Lipinski definition) is 1. The summed E-state index contributed by atoms with van der Waals surface area (Å²) in [5.41, 5.74) is -0.0139. The van der Waals surface area contributed by atoms with E-state index < -0.39 is 5.97 Å². The summed E-state index contributed by atoms with van der Waals surface area (Å²) in [5.74, 6) is -0.960. The first-order chi connectivity index (χ1) is 4.54. The van der Waals surface area contributed by atoms with E-state index in [4.69, 9.17) is 16.7 Å². The van der Waals surface area contributed by atoms with Crippen LogP contribution in [0.3, 0.4) is 0 Å². The summed E-state index contributed by atoms with van der Waals surface area (Å²) in [4.78, 5) is 10.1. The quantitative estimate of drug-likeness (QED) is 0.628. The summed E-state index contributed by atoms with van der Waals surface area (Å²) < 4.78 is 0. The van der Waals surface area contributed by atoms with E-state index in [2.05, 4.69) is 0 Å². The van der Waals surface area contributed by atoms with Crippen molar-refractivity contribution in [1.82, 2.24) is 0 Å². The highest BCUT2D eigenvalue weighted by Crippen LogP contribution is 2.52. The van der Waals surface area contributed by atoms with Gasteiger partial charge in [-0.3, -0.25) is 0 Å². The zero-order chi connectivity index (χ0) is 7.78. The molecule has 0 aromatic heterocycles. The van der Waals surface area contributed by atoms with Crippen LogP contribution < -0.4 is 0 Å². The molecule has 2 nitrogen and oxygen atoms in total. The first-order valence-electron chi connectivity index (χ1n) is 3.15. The lowest BCUT2D eigenvalue weighted by Gasteiger charge is -2.02. The van der Waals surface area contributed by atoms with Gasteiger partial charge in [-0.15, -0.1) is 0 Å². The van der Waals surface area contributed by atoms with Gasteiger partial charge < -0.3 is 5.11 Å². The average Bonchev–Trinajstić information content (AvgIpc) is 2.47. The largest absolute Gasteiger partial charge is 0.478 e. The standard InChI is InChI=1S/C7H9ClO2/c1-7(2-3-7)5(8)4-6(9)10/h4H,2-3H2,1H3,(H,9,10). The van der Waals surface area contributed by atoms with Gasteiger partial charge in [-0.25, -0.2) is 4.79 Å². The van der Waals surface area contributed by atoms with Crippen molar-refractivity contribution in [3.05, 3.63) is 11.1 Å². The van der Waals surface area contributed by atoms with Crippen LogP contribution in [-0.2, 0) is 4.79 Å². The Balaban J connectivity index is 2.64. The molecule has 3 heteroatoms. The van der Waals surface area contributed by atoms with E-state index in [1.807, 2.05) is 6.92 Å². The number of aliphatic carboxylic acids is 1. The molecule has 56 valence electrons. The molecular formula is C7H9ClO2. The fourth-order valence-corrected chi connectivity index (χ4v) is 0.991. The normalized spacial score (nSPS) is 22.4. The zero-order valence-corrected chi connectivity index (χ0v) is 6.48. The minimum absolute atomic E-state index is 0.0139. The Kier molecular flexibility index (Phi) is 1.73. The molecule has 0 radical (unpaired) electrons. The van der Waals surface area contributed by atoms with Crippen LogP contribution in [0.15, 0.2) is 11.1 Å².